The van der Waals surface area contributed by atoms with Gasteiger partial charge in [0.1, 0.15) is 24.2 Å². The van der Waals surface area contributed by atoms with E-state index in [1.54, 1.807) is 0 Å². The maximum Gasteiger partial charge on any atom is 0.352 e. The molecule has 1 saturated heterocycles. The summed E-state index contributed by atoms with van der Waals surface area (Å²) in [6, 6.07) is 4.21. The topological polar surface area (TPSA) is 194 Å². The van der Waals surface area contributed by atoms with Gasteiger partial charge in [-0.25, -0.2) is 4.79 Å². The largest absolute Gasteiger partial charge is 0.477 e. The van der Waals surface area contributed by atoms with Crippen LogP contribution in [-0.2, 0) is 42.9 Å². The minimum absolute atomic E-state index is 0.0344. The second-order valence-corrected chi connectivity index (χ2v) is 8.63. The first-order chi connectivity index (χ1) is 18.3. The van der Waals surface area contributed by atoms with Crippen molar-refractivity contribution < 1.29 is 62.3 Å². The monoisotopic (exact) mass is 549 g/mol. The van der Waals surface area contributed by atoms with Gasteiger partial charge in [-0.05, 0) is 25.1 Å². The van der Waals surface area contributed by atoms with Crippen molar-refractivity contribution in [3.05, 3.63) is 29.5 Å². The van der Waals surface area contributed by atoms with Crippen molar-refractivity contribution in [1.82, 2.24) is 4.98 Å². The van der Waals surface area contributed by atoms with E-state index in [4.69, 9.17) is 28.4 Å². The van der Waals surface area contributed by atoms with Crippen LogP contribution in [0, 0.1) is 0 Å². The van der Waals surface area contributed by atoms with Crippen molar-refractivity contribution >= 4 is 46.5 Å². The van der Waals surface area contributed by atoms with Crippen molar-refractivity contribution in [2.24, 2.45) is 0 Å². The van der Waals surface area contributed by atoms with Gasteiger partial charge in [0.05, 0.1) is 11.1 Å². The maximum absolute atomic E-state index is 12.6. The van der Waals surface area contributed by atoms with Crippen LogP contribution in [0.4, 0.5) is 0 Å². The predicted molar refractivity (Wildman–Crippen MR) is 128 cm³/mol. The molecule has 0 saturated carbocycles. The van der Waals surface area contributed by atoms with Crippen LogP contribution in [0.1, 0.15) is 55.5 Å². The van der Waals surface area contributed by atoms with E-state index >= 15 is 0 Å². The third kappa shape index (κ3) is 6.90. The lowest BCUT2D eigenvalue weighted by Crippen LogP contribution is -2.63. The normalized spacial score (nSPS) is 22.4. The number of aromatic carboxylic acids is 1. The Balaban J connectivity index is 2.12. The molecule has 2 aromatic rings. The number of carbonyl (C=O) groups is 6. The van der Waals surface area contributed by atoms with Gasteiger partial charge >= 0.3 is 29.8 Å². The Morgan fingerprint density at radius 2 is 1.44 bits per heavy atom. The number of benzene rings is 1. The average molecular weight is 549 g/mol. The van der Waals surface area contributed by atoms with Crippen molar-refractivity contribution in [1.29, 1.82) is 0 Å². The average Bonchev–Trinajstić information content (AvgIpc) is 3.25. The van der Waals surface area contributed by atoms with Crippen LogP contribution in [0.2, 0.25) is 0 Å². The fourth-order valence-electron chi connectivity index (χ4n) is 4.15. The third-order valence-electron chi connectivity index (χ3n) is 5.53. The number of carbonyl (C=O) groups excluding carboxylic acids is 5. The van der Waals surface area contributed by atoms with E-state index in [1.165, 1.54) is 25.1 Å². The SMILES string of the molecule is CC(=O)OC[C@H]1O[C@@H](Oc2ccc3cc(C(=O)O)[nH]c3c2C(C)=O)[C@H](OC(C)=O)[C@@H](OC(C)=O)[C@H]1OC(C)=O. The molecule has 14 heteroatoms. The van der Waals surface area contributed by atoms with Crippen LogP contribution in [0.15, 0.2) is 18.2 Å². The van der Waals surface area contributed by atoms with Crippen LogP contribution < -0.4 is 4.74 Å². The fraction of sp³-hybridized carbons (Fsp3) is 0.440. The minimum Gasteiger partial charge on any atom is -0.477 e. The molecular weight excluding hydrogens is 522 g/mol. The molecule has 5 atom stereocenters. The summed E-state index contributed by atoms with van der Waals surface area (Å²) in [6.45, 7) is 5.15. The van der Waals surface area contributed by atoms with Gasteiger partial charge in [-0.3, -0.25) is 24.0 Å². The zero-order valence-corrected chi connectivity index (χ0v) is 21.7. The Kier molecular flexibility index (Phi) is 8.91. The molecule has 3 rings (SSSR count). The summed E-state index contributed by atoms with van der Waals surface area (Å²) < 4.78 is 33.0. The number of fused-ring (bicyclic) bond motifs is 1. The zero-order chi connectivity index (χ0) is 29.0. The zero-order valence-electron chi connectivity index (χ0n) is 21.7. The molecule has 2 heterocycles. The van der Waals surface area contributed by atoms with Gasteiger partial charge in [0.2, 0.25) is 12.4 Å². The highest BCUT2D eigenvalue weighted by atomic mass is 16.7. The molecule has 1 aliphatic heterocycles. The molecule has 0 unspecified atom stereocenters. The van der Waals surface area contributed by atoms with E-state index in [0.717, 1.165) is 27.7 Å². The van der Waals surface area contributed by atoms with Crippen LogP contribution in [-0.4, -0.2) is 83.0 Å². The second-order valence-electron chi connectivity index (χ2n) is 8.63. The van der Waals surface area contributed by atoms with Crippen LogP contribution in [0.5, 0.6) is 5.75 Å². The molecule has 1 fully saturated rings. The number of ketones is 1. The van der Waals surface area contributed by atoms with Crippen LogP contribution >= 0.6 is 0 Å². The second kappa shape index (κ2) is 11.9. The van der Waals surface area contributed by atoms with E-state index in [-0.39, 0.29) is 22.5 Å². The quantitative estimate of drug-likeness (QED) is 0.260. The number of carboxylic acid groups (broad SMARTS) is 1. The minimum atomic E-state index is -1.57. The summed E-state index contributed by atoms with van der Waals surface area (Å²) in [7, 11) is 0. The Bertz CT molecular complexity index is 1310. The molecule has 0 radical (unpaired) electrons. The van der Waals surface area contributed by atoms with Gasteiger partial charge < -0.3 is 38.5 Å². The number of esters is 4. The molecule has 0 amide bonds. The number of nitrogens with one attached hydrogen (secondary N) is 1. The standard InChI is InChI=1S/C25H27NO13/c1-10(27)19-17(7-6-15-8-16(24(32)33)26-20(15)19)38-25-23(37-14(5)31)22(36-13(4)30)21(35-12(3)29)18(39-25)9-34-11(2)28/h6-8,18,21-23,25-26H,9H2,1-5H3,(H,32,33)/t18-,21+,22+,23-,25-/m1/s1. The highest BCUT2D eigenvalue weighted by Gasteiger charge is 2.53. The van der Waals surface area contributed by atoms with Gasteiger partial charge in [0.15, 0.2) is 18.0 Å². The van der Waals surface area contributed by atoms with Crippen molar-refractivity contribution in [3.8, 4) is 5.75 Å². The Morgan fingerprint density at radius 1 is 0.846 bits per heavy atom. The van der Waals surface area contributed by atoms with Gasteiger partial charge in [-0.1, -0.05) is 0 Å². The van der Waals surface area contributed by atoms with Crippen molar-refractivity contribution in [2.75, 3.05) is 6.61 Å². The molecule has 39 heavy (non-hydrogen) atoms. The van der Waals surface area contributed by atoms with E-state index < -0.39 is 72.9 Å². The molecule has 210 valence electrons. The molecule has 0 aliphatic carbocycles. The van der Waals surface area contributed by atoms with Gasteiger partial charge in [-0.2, -0.15) is 0 Å². The summed E-state index contributed by atoms with van der Waals surface area (Å²) >= 11 is 0. The molecule has 2 N–H and O–H groups in total. The lowest BCUT2D eigenvalue weighted by molar-refractivity contribution is -0.288. The number of Topliss-reactive ketones (excluding diaryl/α,β-unsaturated/α-hetero) is 1. The number of aromatic amines is 1. The number of H-pyrrole nitrogens is 1. The number of rotatable bonds is 9. The smallest absolute Gasteiger partial charge is 0.352 e. The number of carboxylic acids is 1. The summed E-state index contributed by atoms with van der Waals surface area (Å²) in [6.07, 6.45) is -7.20. The number of hydrogen-bond donors (Lipinski definition) is 2. The van der Waals surface area contributed by atoms with E-state index in [0.29, 0.717) is 5.39 Å². The first-order valence-corrected chi connectivity index (χ1v) is 11.7. The highest BCUT2D eigenvalue weighted by molar-refractivity contribution is 6.09. The van der Waals surface area contributed by atoms with Crippen molar-refractivity contribution in [2.45, 2.75) is 65.3 Å². The first-order valence-electron chi connectivity index (χ1n) is 11.7. The summed E-state index contributed by atoms with van der Waals surface area (Å²) in [5.74, 6) is -4.96. The van der Waals surface area contributed by atoms with E-state index in [9.17, 15) is 33.9 Å². The molecular formula is C25H27NO13. The third-order valence-corrected chi connectivity index (χ3v) is 5.53. The lowest BCUT2D eigenvalue weighted by Gasteiger charge is -2.44. The maximum atomic E-state index is 12.6. The van der Waals surface area contributed by atoms with Crippen LogP contribution in [0.25, 0.3) is 10.9 Å². The summed E-state index contributed by atoms with van der Waals surface area (Å²) in [5, 5.41) is 9.75. The Morgan fingerprint density at radius 3 is 1.97 bits per heavy atom. The van der Waals surface area contributed by atoms with E-state index in [1.807, 2.05) is 0 Å². The molecule has 14 nitrogen and oxygen atoms in total. The van der Waals surface area contributed by atoms with Gasteiger partial charge in [0, 0.05) is 33.1 Å². The number of ether oxygens (including phenoxy) is 6. The summed E-state index contributed by atoms with van der Waals surface area (Å²) in [5.41, 5.74) is -0.0344. The van der Waals surface area contributed by atoms with Gasteiger partial charge in [0.25, 0.3) is 0 Å². The number of aromatic nitrogens is 1. The lowest BCUT2D eigenvalue weighted by atomic mass is 9.98. The molecule has 1 aliphatic rings. The Hall–Kier alpha value is -4.46. The number of hydrogen-bond acceptors (Lipinski definition) is 12. The van der Waals surface area contributed by atoms with Gasteiger partial charge in [-0.15, -0.1) is 0 Å². The Labute approximate surface area is 221 Å². The van der Waals surface area contributed by atoms with Crippen LogP contribution in [0.3, 0.4) is 0 Å². The fourth-order valence-corrected chi connectivity index (χ4v) is 4.15. The molecule has 0 spiro atoms. The van der Waals surface area contributed by atoms with E-state index in [2.05, 4.69) is 4.98 Å². The molecule has 1 aromatic heterocycles. The predicted octanol–water partition coefficient (Wildman–Crippen LogP) is 1.53. The first kappa shape index (κ1) is 29.1. The van der Waals surface area contributed by atoms with Crippen molar-refractivity contribution in [3.63, 3.8) is 0 Å². The molecule has 1 aromatic carbocycles. The summed E-state index contributed by atoms with van der Waals surface area (Å²) in [4.78, 5) is 74.1. The highest BCUT2D eigenvalue weighted by Crippen LogP contribution is 2.34. The molecule has 0 bridgehead atoms.